The highest BCUT2D eigenvalue weighted by atomic mass is 16.6. The minimum Gasteiger partial charge on any atom is -0.496 e. The molecule has 7 heteroatoms. The average Bonchev–Trinajstić information content (AvgIpc) is 2.73. The number of rotatable bonds is 6. The number of methoxy groups -OCH3 is 1. The van der Waals surface area contributed by atoms with Crippen molar-refractivity contribution in [1.82, 2.24) is 5.32 Å². The number of nitro groups is 1. The molecule has 7 nitrogen and oxygen atoms in total. The standard InChI is InChI=1S/C22H27N3O4/c1-15-8-9-21(29-3)18(14-15)16(2)23-22(26)17-10-12-24(13-11-17)19-6-4-5-7-20(19)25(27)28/h4-9,14,16-17H,10-13H2,1-3H3,(H,23,26). The summed E-state index contributed by atoms with van der Waals surface area (Å²) in [5.41, 5.74) is 2.79. The molecular weight excluding hydrogens is 370 g/mol. The smallest absolute Gasteiger partial charge is 0.292 e. The van der Waals surface area contributed by atoms with Crippen LogP contribution in [0.5, 0.6) is 5.75 Å². The van der Waals surface area contributed by atoms with Crippen molar-refractivity contribution >= 4 is 17.3 Å². The Morgan fingerprint density at radius 1 is 1.24 bits per heavy atom. The first kappa shape index (κ1) is 20.6. The van der Waals surface area contributed by atoms with Gasteiger partial charge in [-0.05, 0) is 38.8 Å². The lowest BCUT2D eigenvalue weighted by Gasteiger charge is -2.33. The third kappa shape index (κ3) is 4.67. The number of benzene rings is 2. The molecule has 2 aromatic rings. The first-order valence-corrected chi connectivity index (χ1v) is 9.84. The Morgan fingerprint density at radius 3 is 2.59 bits per heavy atom. The van der Waals surface area contributed by atoms with Gasteiger partial charge in [-0.25, -0.2) is 0 Å². The number of carbonyl (C=O) groups excluding carboxylic acids is 1. The van der Waals surface area contributed by atoms with Crippen LogP contribution < -0.4 is 15.0 Å². The second-order valence-electron chi connectivity index (χ2n) is 7.48. The summed E-state index contributed by atoms with van der Waals surface area (Å²) < 4.78 is 5.43. The van der Waals surface area contributed by atoms with Crippen LogP contribution in [0.4, 0.5) is 11.4 Å². The minimum absolute atomic E-state index is 0.0169. The fraction of sp³-hybridized carbons (Fsp3) is 0.409. The molecule has 1 heterocycles. The number of nitro benzene ring substituents is 1. The Hall–Kier alpha value is -3.09. The van der Waals surface area contributed by atoms with E-state index in [1.54, 1.807) is 25.3 Å². The van der Waals surface area contributed by atoms with E-state index in [1.165, 1.54) is 6.07 Å². The number of carbonyl (C=O) groups is 1. The van der Waals surface area contributed by atoms with Crippen molar-refractivity contribution in [2.75, 3.05) is 25.1 Å². The topological polar surface area (TPSA) is 84.7 Å². The van der Waals surface area contributed by atoms with E-state index in [1.807, 2.05) is 36.9 Å². The fourth-order valence-electron chi connectivity index (χ4n) is 3.87. The first-order valence-electron chi connectivity index (χ1n) is 9.84. The van der Waals surface area contributed by atoms with Gasteiger partial charge < -0.3 is 15.0 Å². The molecule has 1 unspecified atom stereocenters. The van der Waals surface area contributed by atoms with E-state index in [9.17, 15) is 14.9 Å². The number of aryl methyl sites for hydroxylation is 1. The molecule has 154 valence electrons. The van der Waals surface area contributed by atoms with Crippen LogP contribution in [-0.2, 0) is 4.79 Å². The summed E-state index contributed by atoms with van der Waals surface area (Å²) >= 11 is 0. The third-order valence-corrected chi connectivity index (χ3v) is 5.50. The van der Waals surface area contributed by atoms with Crippen LogP contribution in [-0.4, -0.2) is 31.0 Å². The van der Waals surface area contributed by atoms with E-state index in [2.05, 4.69) is 5.32 Å². The third-order valence-electron chi connectivity index (χ3n) is 5.50. The van der Waals surface area contributed by atoms with Crippen LogP contribution in [0.1, 0.15) is 36.9 Å². The highest BCUT2D eigenvalue weighted by Gasteiger charge is 2.29. The zero-order valence-corrected chi connectivity index (χ0v) is 17.1. The summed E-state index contributed by atoms with van der Waals surface area (Å²) in [6.45, 7) is 5.20. The van der Waals surface area contributed by atoms with E-state index < -0.39 is 0 Å². The molecule has 1 N–H and O–H groups in total. The van der Waals surface area contributed by atoms with E-state index in [-0.39, 0.29) is 28.5 Å². The second kappa shape index (κ2) is 8.94. The van der Waals surface area contributed by atoms with Gasteiger partial charge in [0.2, 0.25) is 5.91 Å². The lowest BCUT2D eigenvalue weighted by Crippen LogP contribution is -2.41. The molecule has 3 rings (SSSR count). The van der Waals surface area contributed by atoms with Crippen molar-refractivity contribution in [2.45, 2.75) is 32.7 Å². The van der Waals surface area contributed by atoms with E-state index in [0.717, 1.165) is 16.9 Å². The highest BCUT2D eigenvalue weighted by Crippen LogP contribution is 2.32. The summed E-state index contributed by atoms with van der Waals surface area (Å²) in [4.78, 5) is 25.7. The SMILES string of the molecule is COc1ccc(C)cc1C(C)NC(=O)C1CCN(c2ccccc2[N+](=O)[O-])CC1. The summed E-state index contributed by atoms with van der Waals surface area (Å²) in [6.07, 6.45) is 1.32. The molecule has 1 amide bonds. The van der Waals surface area contributed by atoms with E-state index in [4.69, 9.17) is 4.74 Å². The minimum atomic E-state index is -0.356. The average molecular weight is 397 g/mol. The van der Waals surface area contributed by atoms with Gasteiger partial charge in [-0.3, -0.25) is 14.9 Å². The van der Waals surface area contributed by atoms with Crippen LogP contribution in [0.2, 0.25) is 0 Å². The van der Waals surface area contributed by atoms with Crippen LogP contribution >= 0.6 is 0 Å². The molecule has 0 aliphatic carbocycles. The molecule has 1 aliphatic rings. The molecule has 0 spiro atoms. The monoisotopic (exact) mass is 397 g/mol. The van der Waals surface area contributed by atoms with Crippen LogP contribution in [0, 0.1) is 23.0 Å². The van der Waals surface area contributed by atoms with Gasteiger partial charge in [0, 0.05) is 30.6 Å². The number of hydrogen-bond donors (Lipinski definition) is 1. The molecule has 2 aromatic carbocycles. The normalized spacial score (nSPS) is 15.6. The number of amides is 1. The number of nitrogens with zero attached hydrogens (tertiary/aromatic N) is 2. The van der Waals surface area contributed by atoms with Crippen molar-refractivity contribution in [3.8, 4) is 5.75 Å². The summed E-state index contributed by atoms with van der Waals surface area (Å²) in [5, 5.41) is 14.4. The molecule has 1 aliphatic heterocycles. The zero-order valence-electron chi connectivity index (χ0n) is 17.1. The van der Waals surface area contributed by atoms with E-state index in [0.29, 0.717) is 31.6 Å². The maximum absolute atomic E-state index is 12.8. The fourth-order valence-corrected chi connectivity index (χ4v) is 3.87. The lowest BCUT2D eigenvalue weighted by atomic mass is 9.94. The van der Waals surface area contributed by atoms with Gasteiger partial charge in [0.15, 0.2) is 0 Å². The second-order valence-corrected chi connectivity index (χ2v) is 7.48. The number of nitrogens with one attached hydrogen (secondary N) is 1. The quantitative estimate of drug-likeness (QED) is 0.588. The van der Waals surface area contributed by atoms with Crippen LogP contribution in [0.25, 0.3) is 0 Å². The van der Waals surface area contributed by atoms with Crippen LogP contribution in [0.15, 0.2) is 42.5 Å². The summed E-state index contributed by atoms with van der Waals surface area (Å²) in [6, 6.07) is 12.5. The number of para-hydroxylation sites is 2. The number of anilines is 1. The lowest BCUT2D eigenvalue weighted by molar-refractivity contribution is -0.384. The number of ether oxygens (including phenoxy) is 1. The van der Waals surface area contributed by atoms with Crippen LogP contribution in [0.3, 0.4) is 0 Å². The molecule has 1 atom stereocenters. The molecule has 0 aromatic heterocycles. The van der Waals surface area contributed by atoms with Gasteiger partial charge >= 0.3 is 0 Å². The molecule has 0 radical (unpaired) electrons. The van der Waals surface area contributed by atoms with Gasteiger partial charge in [0.1, 0.15) is 11.4 Å². The largest absolute Gasteiger partial charge is 0.496 e. The molecule has 0 saturated carbocycles. The number of hydrogen-bond acceptors (Lipinski definition) is 5. The maximum atomic E-state index is 12.8. The Balaban J connectivity index is 1.62. The van der Waals surface area contributed by atoms with Gasteiger partial charge in [-0.1, -0.05) is 29.8 Å². The van der Waals surface area contributed by atoms with E-state index >= 15 is 0 Å². The Bertz CT molecular complexity index is 891. The van der Waals surface area contributed by atoms with Gasteiger partial charge in [0.25, 0.3) is 5.69 Å². The molecule has 29 heavy (non-hydrogen) atoms. The number of piperidine rings is 1. The molecular formula is C22H27N3O4. The molecule has 1 fully saturated rings. The predicted molar refractivity (Wildman–Crippen MR) is 112 cm³/mol. The maximum Gasteiger partial charge on any atom is 0.292 e. The van der Waals surface area contributed by atoms with Crippen molar-refractivity contribution in [1.29, 1.82) is 0 Å². The molecule has 0 bridgehead atoms. The van der Waals surface area contributed by atoms with Crippen molar-refractivity contribution in [3.05, 3.63) is 63.7 Å². The van der Waals surface area contributed by atoms with Crippen molar-refractivity contribution < 1.29 is 14.5 Å². The van der Waals surface area contributed by atoms with Crippen molar-refractivity contribution in [2.24, 2.45) is 5.92 Å². The molecule has 1 saturated heterocycles. The predicted octanol–water partition coefficient (Wildman–Crippen LogP) is 4.01. The highest BCUT2D eigenvalue weighted by molar-refractivity contribution is 5.79. The van der Waals surface area contributed by atoms with Gasteiger partial charge in [-0.2, -0.15) is 0 Å². The Morgan fingerprint density at radius 2 is 1.93 bits per heavy atom. The van der Waals surface area contributed by atoms with Crippen molar-refractivity contribution in [3.63, 3.8) is 0 Å². The summed E-state index contributed by atoms with van der Waals surface area (Å²) in [7, 11) is 1.63. The summed E-state index contributed by atoms with van der Waals surface area (Å²) in [5.74, 6) is 0.671. The van der Waals surface area contributed by atoms with Gasteiger partial charge in [-0.15, -0.1) is 0 Å². The zero-order chi connectivity index (χ0) is 21.0. The first-order chi connectivity index (χ1) is 13.9. The Labute approximate surface area is 170 Å². The Kier molecular flexibility index (Phi) is 6.36. The van der Waals surface area contributed by atoms with Gasteiger partial charge in [0.05, 0.1) is 18.1 Å².